The summed E-state index contributed by atoms with van der Waals surface area (Å²) in [4.78, 5) is 0. The van der Waals surface area contributed by atoms with E-state index >= 15 is 0 Å². The molecule has 0 heterocycles. The molecule has 0 aromatic heterocycles. The molecular weight excluding hydrogens is 673 g/mol. The van der Waals surface area contributed by atoms with Crippen LogP contribution >= 0.6 is 0 Å². The highest BCUT2D eigenvalue weighted by atomic mass is 14.3. The first kappa shape index (κ1) is 33.4. The van der Waals surface area contributed by atoms with Gasteiger partial charge in [-0.15, -0.1) is 0 Å². The third-order valence-corrected chi connectivity index (χ3v) is 13.1. The molecule has 0 aliphatic heterocycles. The van der Waals surface area contributed by atoms with Crippen LogP contribution in [-0.4, -0.2) is 0 Å². The van der Waals surface area contributed by atoms with E-state index in [0.29, 0.717) is 0 Å². The summed E-state index contributed by atoms with van der Waals surface area (Å²) in [7, 11) is 0. The normalized spacial score (nSPS) is 13.0. The lowest BCUT2D eigenvalue weighted by Gasteiger charge is -2.19. The molecule has 0 fully saturated rings. The monoisotopic (exact) mass is 718 g/mol. The van der Waals surface area contributed by atoms with E-state index in [9.17, 15) is 0 Å². The number of rotatable bonds is 2. The smallest absolute Gasteiger partial charge is 0.00195 e. The van der Waals surface area contributed by atoms with Gasteiger partial charge in [0, 0.05) is 0 Å². The Hall–Kier alpha value is -5.98. The summed E-state index contributed by atoms with van der Waals surface area (Å²) >= 11 is 0. The van der Waals surface area contributed by atoms with Gasteiger partial charge in [0.05, 0.1) is 0 Å². The minimum Gasteiger partial charge on any atom is -0.0620 e. The highest BCUT2D eigenvalue weighted by Crippen LogP contribution is 2.50. The van der Waals surface area contributed by atoms with Gasteiger partial charge in [-0.25, -0.2) is 0 Å². The molecule has 56 heavy (non-hydrogen) atoms. The zero-order chi connectivity index (χ0) is 38.4. The van der Waals surface area contributed by atoms with Crippen LogP contribution in [0, 0.1) is 13.8 Å². The lowest BCUT2D eigenvalue weighted by atomic mass is 9.86. The number of benzene rings is 9. The van der Waals surface area contributed by atoms with Gasteiger partial charge in [-0.2, -0.15) is 0 Å². The highest BCUT2D eigenvalue weighted by Gasteiger charge is 2.24. The summed E-state index contributed by atoms with van der Waals surface area (Å²) in [5, 5.41) is 21.5. The minimum atomic E-state index is 0.0567. The summed E-state index contributed by atoms with van der Waals surface area (Å²) < 4.78 is 0. The van der Waals surface area contributed by atoms with Gasteiger partial charge in [0.15, 0.2) is 0 Å². The van der Waals surface area contributed by atoms with E-state index in [-0.39, 0.29) is 10.8 Å². The fourth-order valence-corrected chi connectivity index (χ4v) is 10.0. The fraction of sp³-hybridized carbons (Fsp3) is 0.179. The molecule has 0 aliphatic carbocycles. The fourth-order valence-electron chi connectivity index (χ4n) is 10.0. The maximum Gasteiger partial charge on any atom is -0.00195 e. The van der Waals surface area contributed by atoms with Gasteiger partial charge in [0.1, 0.15) is 0 Å². The zero-order valence-electron chi connectivity index (χ0n) is 33.7. The van der Waals surface area contributed by atoms with E-state index < -0.39 is 0 Å². The van der Waals surface area contributed by atoms with E-state index in [1.165, 1.54) is 131 Å². The summed E-state index contributed by atoms with van der Waals surface area (Å²) in [5.74, 6) is 0. The molecule has 11 aromatic carbocycles. The quantitative estimate of drug-likeness (QED) is 0.156. The van der Waals surface area contributed by atoms with Crippen LogP contribution in [0.2, 0.25) is 0 Å². The summed E-state index contributed by atoms with van der Waals surface area (Å²) in [5.41, 5.74) is 10.6. The van der Waals surface area contributed by atoms with Crippen molar-refractivity contribution < 1.29 is 0 Å². The standard InChI is InChI=1S/C56H46/c1-31-13-9-11-15-37(31)33-23-47-41-21-22-42-46(45(41)29-51-39-19-17-35(55(3,4)5)27-43(39)49(25-33)53(47)51)30-52-40-20-18-36(56(6,7)8)28-44(40)50-26-34(24-48(42)54(50)52)38-16-12-10-14-32(38)2/h9-30H,1-8H3. The molecule has 0 saturated heterocycles. The van der Waals surface area contributed by atoms with Crippen LogP contribution in [0.25, 0.3) is 108 Å². The molecule has 0 spiro atoms. The Labute approximate surface area is 329 Å². The number of hydrogen-bond donors (Lipinski definition) is 0. The zero-order valence-corrected chi connectivity index (χ0v) is 33.7. The molecule has 0 bridgehead atoms. The lowest BCUT2D eigenvalue weighted by Crippen LogP contribution is -2.10. The summed E-state index contributed by atoms with van der Waals surface area (Å²) in [6.07, 6.45) is 0. The number of fused-ring (bicyclic) bond motifs is 11. The molecule has 0 aliphatic rings. The van der Waals surface area contributed by atoms with E-state index in [2.05, 4.69) is 189 Å². The van der Waals surface area contributed by atoms with Crippen LogP contribution in [0.15, 0.2) is 133 Å². The lowest BCUT2D eigenvalue weighted by molar-refractivity contribution is 0.591. The predicted octanol–water partition coefficient (Wildman–Crippen LogP) is 16.3. The van der Waals surface area contributed by atoms with Crippen LogP contribution in [0.1, 0.15) is 63.8 Å². The van der Waals surface area contributed by atoms with Crippen LogP contribution in [0.5, 0.6) is 0 Å². The van der Waals surface area contributed by atoms with E-state index in [0.717, 1.165) is 0 Å². The Balaban J connectivity index is 1.33. The van der Waals surface area contributed by atoms with Crippen molar-refractivity contribution in [1.29, 1.82) is 0 Å². The van der Waals surface area contributed by atoms with Gasteiger partial charge < -0.3 is 0 Å². The van der Waals surface area contributed by atoms with Crippen molar-refractivity contribution in [3.8, 4) is 22.3 Å². The highest BCUT2D eigenvalue weighted by molar-refractivity contribution is 6.40. The second-order valence-corrected chi connectivity index (χ2v) is 18.6. The van der Waals surface area contributed by atoms with Gasteiger partial charge in [0.25, 0.3) is 0 Å². The van der Waals surface area contributed by atoms with Gasteiger partial charge >= 0.3 is 0 Å². The Morgan fingerprint density at radius 2 is 0.589 bits per heavy atom. The Bertz CT molecular complexity index is 3200. The maximum absolute atomic E-state index is 2.53. The second kappa shape index (κ2) is 11.3. The molecule has 0 atom stereocenters. The van der Waals surface area contributed by atoms with Crippen LogP contribution < -0.4 is 0 Å². The largest absolute Gasteiger partial charge is 0.0620 e. The molecule has 0 nitrogen and oxygen atoms in total. The SMILES string of the molecule is Cc1ccccc1-c1cc2c3ccc4c(cc5c6ccc(C(C)(C)C)cc6c6cc(-c7ccccc7C)cc4c65)c3cc3c4ccc(C(C)(C)C)cc4c(c1)c23. The first-order chi connectivity index (χ1) is 26.8. The molecule has 0 heteroatoms. The Morgan fingerprint density at radius 3 is 0.946 bits per heavy atom. The third kappa shape index (κ3) is 4.65. The van der Waals surface area contributed by atoms with E-state index in [1.54, 1.807) is 0 Å². The molecule has 11 rings (SSSR count). The third-order valence-electron chi connectivity index (χ3n) is 13.1. The molecule has 0 saturated carbocycles. The molecule has 11 aromatic rings. The van der Waals surface area contributed by atoms with E-state index in [1.807, 2.05) is 0 Å². The first-order valence-corrected chi connectivity index (χ1v) is 20.3. The molecule has 270 valence electrons. The van der Waals surface area contributed by atoms with Gasteiger partial charge in [0.2, 0.25) is 0 Å². The molecule has 0 radical (unpaired) electrons. The van der Waals surface area contributed by atoms with Crippen molar-refractivity contribution in [2.45, 2.75) is 66.2 Å². The number of hydrogen-bond acceptors (Lipinski definition) is 0. The molecule has 0 unspecified atom stereocenters. The second-order valence-electron chi connectivity index (χ2n) is 18.6. The van der Waals surface area contributed by atoms with Crippen molar-refractivity contribution in [2.75, 3.05) is 0 Å². The average Bonchev–Trinajstić information content (AvgIpc) is 3.66. The molecule has 0 N–H and O–H groups in total. The van der Waals surface area contributed by atoms with Crippen LogP contribution in [-0.2, 0) is 10.8 Å². The summed E-state index contributed by atoms with van der Waals surface area (Å²) in [6.45, 7) is 18.4. The van der Waals surface area contributed by atoms with Crippen molar-refractivity contribution >= 4 is 86.2 Å². The summed E-state index contributed by atoms with van der Waals surface area (Å²) in [6, 6.07) is 51.9. The average molecular weight is 719 g/mol. The predicted molar refractivity (Wildman–Crippen MR) is 247 cm³/mol. The molecule has 0 amide bonds. The molecular formula is C56H46. The minimum absolute atomic E-state index is 0.0567. The van der Waals surface area contributed by atoms with Crippen molar-refractivity contribution in [2.24, 2.45) is 0 Å². The maximum atomic E-state index is 2.53. The topological polar surface area (TPSA) is 0 Å². The van der Waals surface area contributed by atoms with Gasteiger partial charge in [-0.05, 0) is 204 Å². The van der Waals surface area contributed by atoms with Crippen molar-refractivity contribution in [3.05, 3.63) is 156 Å². The van der Waals surface area contributed by atoms with Crippen molar-refractivity contribution in [1.82, 2.24) is 0 Å². The van der Waals surface area contributed by atoms with Crippen LogP contribution in [0.4, 0.5) is 0 Å². The van der Waals surface area contributed by atoms with Gasteiger partial charge in [-0.3, -0.25) is 0 Å². The Morgan fingerprint density at radius 1 is 0.286 bits per heavy atom. The number of aryl methyl sites for hydroxylation is 2. The van der Waals surface area contributed by atoms with E-state index in [4.69, 9.17) is 0 Å². The Kier molecular flexibility index (Phi) is 6.73. The van der Waals surface area contributed by atoms with Crippen LogP contribution in [0.3, 0.4) is 0 Å². The van der Waals surface area contributed by atoms with Crippen molar-refractivity contribution in [3.63, 3.8) is 0 Å². The first-order valence-electron chi connectivity index (χ1n) is 20.3. The van der Waals surface area contributed by atoms with Gasteiger partial charge in [-0.1, -0.05) is 126 Å².